The third-order valence-electron chi connectivity index (χ3n) is 4.21. The molecular weight excluding hydrogens is 480 g/mol. The van der Waals surface area contributed by atoms with Crippen LogP contribution >= 0.6 is 0 Å². The smallest absolute Gasteiger partial charge is 0.421 e. The van der Waals surface area contributed by atoms with Crippen LogP contribution in [0.1, 0.15) is 13.8 Å². The van der Waals surface area contributed by atoms with Gasteiger partial charge in [0.2, 0.25) is 24.9 Å². The summed E-state index contributed by atoms with van der Waals surface area (Å²) in [6, 6.07) is 0. The predicted molar refractivity (Wildman–Crippen MR) is 101 cm³/mol. The average Bonchev–Trinajstić information content (AvgIpc) is 3.03. The lowest BCUT2D eigenvalue weighted by atomic mass is 10.5. The van der Waals surface area contributed by atoms with Crippen LogP contribution in [0.25, 0.3) is 4.13 Å². The van der Waals surface area contributed by atoms with E-state index in [1.54, 1.807) is 0 Å². The molecule has 0 spiro atoms. The molecule has 0 aromatic rings. The van der Waals surface area contributed by atoms with Crippen molar-refractivity contribution >= 4 is 44.9 Å². The summed E-state index contributed by atoms with van der Waals surface area (Å²) in [5.74, 6) is 0. The highest BCUT2D eigenvalue weighted by atomic mass is 32.3. The quantitative estimate of drug-likeness (QED) is 0.407. The van der Waals surface area contributed by atoms with Gasteiger partial charge in [0.15, 0.2) is 20.0 Å². The molecule has 0 saturated heterocycles. The fraction of sp³-hybridized carbons (Fsp3) is 0.714. The van der Waals surface area contributed by atoms with E-state index in [4.69, 9.17) is 0 Å². The van der Waals surface area contributed by atoms with Gasteiger partial charge < -0.3 is 4.13 Å². The number of nitrogens with zero attached hydrogens (tertiary/aromatic N) is 5. The van der Waals surface area contributed by atoms with Crippen molar-refractivity contribution in [1.82, 2.24) is 0 Å². The normalized spacial score (nSPS) is 18.2. The fourth-order valence-corrected chi connectivity index (χ4v) is 3.42. The molecule has 0 fully saturated rings. The molecule has 0 amide bonds. The van der Waals surface area contributed by atoms with E-state index in [1.165, 1.54) is 0 Å². The van der Waals surface area contributed by atoms with Crippen LogP contribution in [-0.4, -0.2) is 112 Å². The summed E-state index contributed by atoms with van der Waals surface area (Å²) < 4.78 is 118. The molecule has 180 valence electrons. The summed E-state index contributed by atoms with van der Waals surface area (Å²) in [6.07, 6.45) is 9.37. The van der Waals surface area contributed by atoms with Crippen molar-refractivity contribution in [2.75, 3.05) is 28.2 Å². The Morgan fingerprint density at radius 1 is 0.613 bits per heavy atom. The molecule has 9 nitrogen and oxygen atoms in total. The molecule has 2 rings (SSSR count). The maximum absolute atomic E-state index is 11.4. The van der Waals surface area contributed by atoms with Crippen LogP contribution < -0.4 is 0 Å². The Bertz CT molecular complexity index is 879. The number of hydrogen-bond donors (Lipinski definition) is 0. The van der Waals surface area contributed by atoms with Crippen LogP contribution in [-0.2, 0) is 20.0 Å². The van der Waals surface area contributed by atoms with E-state index in [2.05, 4.69) is 85.2 Å². The van der Waals surface area contributed by atoms with Crippen molar-refractivity contribution in [3.8, 4) is 0 Å². The van der Waals surface area contributed by atoms with Gasteiger partial charge in [-0.2, -0.15) is 44.6 Å². The van der Waals surface area contributed by atoms with Gasteiger partial charge in [0.25, 0.3) is 0 Å². The topological polar surface area (TPSA) is 94.4 Å². The Morgan fingerprint density at radius 3 is 0.903 bits per heavy atom. The highest BCUT2D eigenvalue weighted by molar-refractivity contribution is 8.13. The largest absolute Gasteiger partial charge is 0.480 e. The van der Waals surface area contributed by atoms with Gasteiger partial charge in [-0.1, -0.05) is 0 Å². The highest BCUT2D eigenvalue weighted by Crippen LogP contribution is 2.36. The van der Waals surface area contributed by atoms with Gasteiger partial charge in [-0.05, 0) is 0 Å². The molecule has 17 heteroatoms. The first kappa shape index (κ1) is 29.1. The van der Waals surface area contributed by atoms with Crippen LogP contribution in [0.2, 0.25) is 0 Å². The van der Waals surface area contributed by atoms with Crippen molar-refractivity contribution in [3.63, 3.8) is 0 Å². The van der Waals surface area contributed by atoms with Crippen LogP contribution in [0, 0.1) is 0 Å². The molecule has 2 aliphatic rings. The van der Waals surface area contributed by atoms with Crippen LogP contribution in [0.3, 0.4) is 0 Å². The minimum Gasteiger partial charge on any atom is -0.421 e. The van der Waals surface area contributed by atoms with E-state index in [9.17, 15) is 43.2 Å². The second-order valence-electron chi connectivity index (χ2n) is 6.44. The zero-order chi connectivity index (χ0) is 25.0. The Labute approximate surface area is 176 Å². The number of halogens is 6. The van der Waals surface area contributed by atoms with E-state index < -0.39 is 31.1 Å². The van der Waals surface area contributed by atoms with Crippen LogP contribution in [0.5, 0.6) is 0 Å². The zero-order valence-electron chi connectivity index (χ0n) is 17.4. The maximum Gasteiger partial charge on any atom is 0.480 e. The number of alkyl halides is 6. The number of rotatable bonds is 2. The molecule has 0 unspecified atom stereocenters. The summed E-state index contributed by atoms with van der Waals surface area (Å²) in [6.45, 7) is 4.33. The molecule has 0 aromatic heterocycles. The highest BCUT2D eigenvalue weighted by Gasteiger charge is 2.46. The van der Waals surface area contributed by atoms with Crippen molar-refractivity contribution in [1.29, 1.82) is 0 Å². The molecule has 0 saturated carbocycles. The Morgan fingerprint density at radius 2 is 0.806 bits per heavy atom. The van der Waals surface area contributed by atoms with Crippen molar-refractivity contribution < 1.29 is 61.5 Å². The van der Waals surface area contributed by atoms with Gasteiger partial charge in [0, 0.05) is 0 Å². The molecule has 0 bridgehead atoms. The lowest BCUT2D eigenvalue weighted by molar-refractivity contribution is -0.734. The second kappa shape index (κ2) is 10.2. The molecule has 0 aromatic carbocycles. The first-order chi connectivity index (χ1) is 13.6. The summed E-state index contributed by atoms with van der Waals surface area (Å²) in [4.78, 5) is 0. The summed E-state index contributed by atoms with van der Waals surface area (Å²) in [5.41, 5.74) is -12.4. The maximum atomic E-state index is 11.4. The van der Waals surface area contributed by atoms with E-state index in [1.807, 2.05) is 0 Å². The van der Waals surface area contributed by atoms with Gasteiger partial charge in [-0.15, -0.1) is 0 Å². The number of sulfonamides is 2. The van der Waals surface area contributed by atoms with Gasteiger partial charge in [0.1, 0.15) is 28.2 Å². The van der Waals surface area contributed by atoms with E-state index in [-0.39, 0.29) is 0 Å². The van der Waals surface area contributed by atoms with Gasteiger partial charge in [0.05, 0.1) is 13.8 Å². The van der Waals surface area contributed by atoms with E-state index in [0.29, 0.717) is 12.3 Å². The Kier molecular flexibility index (Phi) is 9.54. The van der Waals surface area contributed by atoms with Crippen molar-refractivity contribution in [2.24, 2.45) is 0 Å². The van der Waals surface area contributed by atoms with Crippen molar-refractivity contribution in [3.05, 3.63) is 4.13 Å². The van der Waals surface area contributed by atoms with Gasteiger partial charge in [-0.25, -0.2) is 16.8 Å². The molecule has 2 aliphatic heterocycles. The van der Waals surface area contributed by atoms with Gasteiger partial charge >= 0.3 is 23.3 Å². The minimum atomic E-state index is -6.72. The average molecular weight is 504 g/mol. The molecule has 0 N–H and O–H groups in total. The van der Waals surface area contributed by atoms with E-state index >= 15 is 0 Å². The summed E-state index contributed by atoms with van der Waals surface area (Å²) in [7, 11) is -5.15. The Hall–Kier alpha value is -1.88. The predicted octanol–water partition coefficient (Wildman–Crippen LogP) is 0.604. The molecule has 0 atom stereocenters. The SMILES string of the molecule is CC1[N+](C)=CC=[N+]1C.CC1[N+](C)=CC=[N+]1C.O=S(=O)([N-]S(=O)(=O)C(F)(F)F)C(F)(F)F. The molecule has 0 radical (unpaired) electrons. The molecule has 31 heavy (non-hydrogen) atoms. The first-order valence-electron chi connectivity index (χ1n) is 8.25. The van der Waals surface area contributed by atoms with E-state index in [0.717, 1.165) is 4.13 Å². The summed E-state index contributed by atoms with van der Waals surface area (Å²) in [5, 5.41) is 0. The van der Waals surface area contributed by atoms with Crippen molar-refractivity contribution in [2.45, 2.75) is 37.2 Å². The standard InChI is InChI=1S/2C6H12N2.C2F6NO4S2/c2*1-6-7(2)4-5-8(6)3;3-1(4,5)14(10,11)9-15(12,13)2(6,7)8/h2*4-6H,1-3H3;/q2*+2;-1. The van der Waals surface area contributed by atoms with Crippen LogP contribution in [0.4, 0.5) is 26.3 Å². The summed E-state index contributed by atoms with van der Waals surface area (Å²) >= 11 is 0. The third-order valence-corrected chi connectivity index (χ3v) is 6.95. The lowest BCUT2D eigenvalue weighted by Crippen LogP contribution is -2.30. The Balaban J connectivity index is 0.000000471. The second-order valence-corrected chi connectivity index (χ2v) is 9.86. The lowest BCUT2D eigenvalue weighted by Gasteiger charge is -2.22. The van der Waals surface area contributed by atoms with Gasteiger partial charge in [-0.3, -0.25) is 0 Å². The zero-order valence-corrected chi connectivity index (χ0v) is 19.1. The number of hydrogen-bond acceptors (Lipinski definition) is 4. The molecule has 0 aliphatic carbocycles. The molecule has 2 heterocycles. The first-order valence-corrected chi connectivity index (χ1v) is 11.1. The third kappa shape index (κ3) is 8.29. The monoisotopic (exact) mass is 504 g/mol. The molecular formula is C14H24F6N5O4S2+3. The fourth-order valence-electron chi connectivity index (χ4n) is 1.71. The minimum absolute atomic E-state index is 0.537. The van der Waals surface area contributed by atoms with Crippen LogP contribution in [0.15, 0.2) is 0 Å².